The fourth-order valence-corrected chi connectivity index (χ4v) is 4.54. The normalized spacial score (nSPS) is 11.1. The Labute approximate surface area is 194 Å². The van der Waals surface area contributed by atoms with E-state index in [1.54, 1.807) is 36.4 Å². The van der Waals surface area contributed by atoms with Gasteiger partial charge in [0, 0.05) is 16.1 Å². The molecule has 31 heavy (non-hydrogen) atoms. The highest BCUT2D eigenvalue weighted by molar-refractivity contribution is 7.21. The Morgan fingerprint density at radius 3 is 2.55 bits per heavy atom. The van der Waals surface area contributed by atoms with Crippen molar-refractivity contribution in [3.8, 4) is 16.3 Å². The second-order valence-corrected chi connectivity index (χ2v) is 9.35. The standard InChI is InChI=1S/C24H20Cl2N2O2S/c1-14(2)13-30-17-9-7-15(8-10-17)23(29)28-22-18(11-16(25)12-19(22)26)24-27-20-5-3-4-6-21(20)31-24/h3-12,14H,13H2,1-2H3,(H,28,29). The molecule has 4 nitrogen and oxygen atoms in total. The van der Waals surface area contributed by atoms with Crippen LogP contribution in [-0.2, 0) is 0 Å². The molecule has 0 aliphatic rings. The van der Waals surface area contributed by atoms with Gasteiger partial charge in [0.2, 0.25) is 0 Å². The van der Waals surface area contributed by atoms with Crippen molar-refractivity contribution in [3.05, 3.63) is 76.3 Å². The van der Waals surface area contributed by atoms with Gasteiger partial charge in [0.05, 0.1) is 27.5 Å². The number of amides is 1. The summed E-state index contributed by atoms with van der Waals surface area (Å²) in [6.07, 6.45) is 0. The van der Waals surface area contributed by atoms with Gasteiger partial charge in [-0.15, -0.1) is 11.3 Å². The van der Waals surface area contributed by atoms with Crippen molar-refractivity contribution in [2.24, 2.45) is 5.92 Å². The Morgan fingerprint density at radius 1 is 1.10 bits per heavy atom. The number of benzene rings is 3. The first-order valence-electron chi connectivity index (χ1n) is 9.80. The molecule has 7 heteroatoms. The average molecular weight is 471 g/mol. The molecule has 0 aliphatic carbocycles. The van der Waals surface area contributed by atoms with E-state index in [-0.39, 0.29) is 5.91 Å². The van der Waals surface area contributed by atoms with Crippen LogP contribution >= 0.6 is 34.5 Å². The highest BCUT2D eigenvalue weighted by Crippen LogP contribution is 2.40. The lowest BCUT2D eigenvalue weighted by molar-refractivity contribution is 0.102. The van der Waals surface area contributed by atoms with Crippen LogP contribution in [0.15, 0.2) is 60.7 Å². The Kier molecular flexibility index (Phi) is 6.46. The van der Waals surface area contributed by atoms with Gasteiger partial charge in [-0.1, -0.05) is 49.2 Å². The zero-order chi connectivity index (χ0) is 22.0. The number of nitrogens with one attached hydrogen (secondary N) is 1. The molecule has 1 heterocycles. The summed E-state index contributed by atoms with van der Waals surface area (Å²) in [5.41, 5.74) is 2.55. The lowest BCUT2D eigenvalue weighted by atomic mass is 10.1. The van der Waals surface area contributed by atoms with Gasteiger partial charge in [0.1, 0.15) is 10.8 Å². The van der Waals surface area contributed by atoms with Gasteiger partial charge in [-0.3, -0.25) is 4.79 Å². The monoisotopic (exact) mass is 470 g/mol. The van der Waals surface area contributed by atoms with Gasteiger partial charge in [-0.25, -0.2) is 4.98 Å². The summed E-state index contributed by atoms with van der Waals surface area (Å²) >= 11 is 14.2. The number of fused-ring (bicyclic) bond motifs is 1. The summed E-state index contributed by atoms with van der Waals surface area (Å²) < 4.78 is 6.73. The predicted molar refractivity (Wildman–Crippen MR) is 130 cm³/mol. The number of nitrogens with zero attached hydrogens (tertiary/aromatic N) is 1. The van der Waals surface area contributed by atoms with Crippen molar-refractivity contribution in [2.45, 2.75) is 13.8 Å². The fraction of sp³-hybridized carbons (Fsp3) is 0.167. The summed E-state index contributed by atoms with van der Waals surface area (Å²) in [7, 11) is 0. The number of anilines is 1. The van der Waals surface area contributed by atoms with Crippen LogP contribution in [0.2, 0.25) is 10.0 Å². The van der Waals surface area contributed by atoms with Crippen molar-refractivity contribution in [1.29, 1.82) is 0 Å². The minimum absolute atomic E-state index is 0.276. The van der Waals surface area contributed by atoms with Crippen molar-refractivity contribution in [1.82, 2.24) is 4.98 Å². The number of carbonyl (C=O) groups is 1. The van der Waals surface area contributed by atoms with Crippen molar-refractivity contribution >= 4 is 56.3 Å². The Balaban J connectivity index is 1.63. The highest BCUT2D eigenvalue weighted by Gasteiger charge is 2.18. The molecule has 4 rings (SSSR count). The fourth-order valence-electron chi connectivity index (χ4n) is 3.01. The third kappa shape index (κ3) is 5.01. The SMILES string of the molecule is CC(C)COc1ccc(C(=O)Nc2c(Cl)cc(Cl)cc2-c2nc3ccccc3s2)cc1. The van der Waals surface area contributed by atoms with Crippen LogP contribution in [0.25, 0.3) is 20.8 Å². The largest absolute Gasteiger partial charge is 0.493 e. The Morgan fingerprint density at radius 2 is 1.84 bits per heavy atom. The first-order chi connectivity index (χ1) is 14.9. The quantitative estimate of drug-likeness (QED) is 0.316. The van der Waals surface area contributed by atoms with Crippen LogP contribution in [0.3, 0.4) is 0 Å². The number of aromatic nitrogens is 1. The first kappa shape index (κ1) is 21.6. The van der Waals surface area contributed by atoms with E-state index in [1.165, 1.54) is 11.3 Å². The van der Waals surface area contributed by atoms with E-state index in [4.69, 9.17) is 27.9 Å². The molecule has 0 saturated carbocycles. The second-order valence-electron chi connectivity index (χ2n) is 7.48. The number of thiazole rings is 1. The van der Waals surface area contributed by atoms with E-state index >= 15 is 0 Å². The highest BCUT2D eigenvalue weighted by atomic mass is 35.5. The summed E-state index contributed by atoms with van der Waals surface area (Å²) in [5, 5.41) is 4.50. The van der Waals surface area contributed by atoms with Gasteiger partial charge in [-0.05, 0) is 54.4 Å². The maximum Gasteiger partial charge on any atom is 0.255 e. The van der Waals surface area contributed by atoms with Crippen LogP contribution in [0.4, 0.5) is 5.69 Å². The Bertz CT molecular complexity index is 1200. The Hall–Kier alpha value is -2.60. The first-order valence-corrected chi connectivity index (χ1v) is 11.4. The minimum Gasteiger partial charge on any atom is -0.493 e. The summed E-state index contributed by atoms with van der Waals surface area (Å²) in [6.45, 7) is 4.79. The zero-order valence-corrected chi connectivity index (χ0v) is 19.3. The molecule has 0 saturated heterocycles. The second kappa shape index (κ2) is 9.27. The molecule has 0 spiro atoms. The van der Waals surface area contributed by atoms with E-state index in [0.717, 1.165) is 21.0 Å². The molecule has 0 fully saturated rings. The third-order valence-corrected chi connectivity index (χ3v) is 6.10. The maximum atomic E-state index is 12.9. The number of ether oxygens (including phenoxy) is 1. The third-order valence-electron chi connectivity index (χ3n) is 4.52. The molecule has 1 aromatic heterocycles. The van der Waals surface area contributed by atoms with Crippen molar-refractivity contribution in [3.63, 3.8) is 0 Å². The molecule has 0 radical (unpaired) electrons. The van der Waals surface area contributed by atoms with E-state index < -0.39 is 0 Å². The summed E-state index contributed by atoms with van der Waals surface area (Å²) in [4.78, 5) is 17.6. The average Bonchev–Trinajstić information content (AvgIpc) is 3.18. The molecule has 0 atom stereocenters. The van der Waals surface area contributed by atoms with Gasteiger partial charge in [0.25, 0.3) is 5.91 Å². The van der Waals surface area contributed by atoms with Crippen molar-refractivity contribution in [2.75, 3.05) is 11.9 Å². The molecule has 158 valence electrons. The van der Waals surface area contributed by atoms with Gasteiger partial charge >= 0.3 is 0 Å². The molecule has 3 aromatic carbocycles. The number of hydrogen-bond donors (Lipinski definition) is 1. The van der Waals surface area contributed by atoms with Crippen molar-refractivity contribution < 1.29 is 9.53 Å². The number of halogens is 2. The predicted octanol–water partition coefficient (Wildman–Crippen LogP) is 7.56. The molecular formula is C24H20Cl2N2O2S. The van der Waals surface area contributed by atoms with Gasteiger partial charge in [-0.2, -0.15) is 0 Å². The van der Waals surface area contributed by atoms with Crippen LogP contribution < -0.4 is 10.1 Å². The number of carbonyl (C=O) groups excluding carboxylic acids is 1. The summed E-state index contributed by atoms with van der Waals surface area (Å²) in [5.74, 6) is 0.878. The molecular weight excluding hydrogens is 451 g/mol. The number of para-hydroxylation sites is 1. The van der Waals surface area contributed by atoms with E-state index in [2.05, 4.69) is 24.1 Å². The van der Waals surface area contributed by atoms with Crippen LogP contribution in [0.1, 0.15) is 24.2 Å². The molecule has 1 N–H and O–H groups in total. The molecule has 0 bridgehead atoms. The molecule has 0 unspecified atom stereocenters. The van der Waals surface area contributed by atoms with Crippen LogP contribution in [0.5, 0.6) is 5.75 Å². The lowest BCUT2D eigenvalue weighted by Crippen LogP contribution is -2.13. The molecule has 4 aromatic rings. The summed E-state index contributed by atoms with van der Waals surface area (Å²) in [6, 6.07) is 18.3. The number of rotatable bonds is 6. The maximum absolute atomic E-state index is 12.9. The van der Waals surface area contributed by atoms with E-state index in [9.17, 15) is 4.79 Å². The van der Waals surface area contributed by atoms with Crippen LogP contribution in [0, 0.1) is 5.92 Å². The number of hydrogen-bond acceptors (Lipinski definition) is 4. The molecule has 1 amide bonds. The van der Waals surface area contributed by atoms with Gasteiger partial charge < -0.3 is 10.1 Å². The topological polar surface area (TPSA) is 51.2 Å². The van der Waals surface area contributed by atoms with Crippen LogP contribution in [-0.4, -0.2) is 17.5 Å². The lowest BCUT2D eigenvalue weighted by Gasteiger charge is -2.13. The minimum atomic E-state index is -0.276. The van der Waals surface area contributed by atoms with Gasteiger partial charge in [0.15, 0.2) is 0 Å². The molecule has 0 aliphatic heterocycles. The zero-order valence-electron chi connectivity index (χ0n) is 17.0. The van der Waals surface area contributed by atoms with E-state index in [1.807, 2.05) is 24.3 Å². The van der Waals surface area contributed by atoms with E-state index in [0.29, 0.717) is 39.4 Å². The smallest absolute Gasteiger partial charge is 0.255 e.